The number of benzene rings is 1. The maximum atomic E-state index is 14.2. The maximum Gasteiger partial charge on any atom is 0.255 e. The number of fused-ring (bicyclic) bond motifs is 1. The van der Waals surface area contributed by atoms with Crippen LogP contribution >= 0.6 is 0 Å². The average Bonchev–Trinajstić information content (AvgIpc) is 3.59. The molecule has 0 aliphatic heterocycles. The van der Waals surface area contributed by atoms with Gasteiger partial charge in [0.25, 0.3) is 5.91 Å². The molecule has 0 spiro atoms. The Morgan fingerprint density at radius 3 is 2.69 bits per heavy atom. The van der Waals surface area contributed by atoms with Crippen LogP contribution in [0.15, 0.2) is 24.5 Å². The molecule has 2 heterocycles. The molecule has 0 saturated heterocycles. The number of hydrogen-bond donors (Lipinski definition) is 3. The van der Waals surface area contributed by atoms with Crippen molar-refractivity contribution in [2.45, 2.75) is 65.0 Å². The number of aryl methyl sites for hydroxylation is 1. The molecular weight excluding hydrogens is 461 g/mol. The van der Waals surface area contributed by atoms with Gasteiger partial charge < -0.3 is 20.4 Å². The number of aromatic amines is 1. The smallest absolute Gasteiger partial charge is 0.255 e. The zero-order valence-electron chi connectivity index (χ0n) is 20.9. The summed E-state index contributed by atoms with van der Waals surface area (Å²) in [6.45, 7) is 6.04. The van der Waals surface area contributed by atoms with Crippen LogP contribution in [0.25, 0.3) is 22.3 Å². The van der Waals surface area contributed by atoms with E-state index in [-0.39, 0.29) is 35.6 Å². The van der Waals surface area contributed by atoms with Gasteiger partial charge in [-0.25, -0.2) is 14.4 Å². The van der Waals surface area contributed by atoms with Crippen molar-refractivity contribution in [3.63, 3.8) is 0 Å². The van der Waals surface area contributed by atoms with Crippen molar-refractivity contribution < 1.29 is 18.7 Å². The summed E-state index contributed by atoms with van der Waals surface area (Å²) in [7, 11) is 0. The van der Waals surface area contributed by atoms with E-state index in [1.807, 2.05) is 6.92 Å². The van der Waals surface area contributed by atoms with Crippen LogP contribution in [0.4, 0.5) is 4.39 Å². The molecule has 2 aliphatic carbocycles. The van der Waals surface area contributed by atoms with Crippen LogP contribution in [0, 0.1) is 24.6 Å². The highest BCUT2D eigenvalue weighted by Gasteiger charge is 2.30. The van der Waals surface area contributed by atoms with Crippen LogP contribution in [0.5, 0.6) is 5.75 Å². The third-order valence-electron chi connectivity index (χ3n) is 7.26. The molecule has 0 unspecified atom stereocenters. The van der Waals surface area contributed by atoms with E-state index >= 15 is 0 Å². The lowest BCUT2D eigenvalue weighted by molar-refractivity contribution is -0.120. The summed E-state index contributed by atoms with van der Waals surface area (Å²) in [5.74, 6) is 0.745. The fourth-order valence-corrected chi connectivity index (χ4v) is 5.17. The molecule has 2 saturated carbocycles. The van der Waals surface area contributed by atoms with Crippen molar-refractivity contribution >= 4 is 22.8 Å². The van der Waals surface area contributed by atoms with E-state index in [1.54, 1.807) is 6.07 Å². The van der Waals surface area contributed by atoms with E-state index < -0.39 is 0 Å². The van der Waals surface area contributed by atoms with Gasteiger partial charge in [0.15, 0.2) is 0 Å². The number of amides is 2. The topological polar surface area (TPSA) is 109 Å². The molecule has 8 nitrogen and oxygen atoms in total. The summed E-state index contributed by atoms with van der Waals surface area (Å²) in [5.41, 5.74) is 3.22. The Kier molecular flexibility index (Phi) is 6.64. The molecule has 1 aromatic carbocycles. The quantitative estimate of drug-likeness (QED) is 0.455. The van der Waals surface area contributed by atoms with Gasteiger partial charge in [-0.1, -0.05) is 6.92 Å². The van der Waals surface area contributed by atoms with Crippen molar-refractivity contribution in [3.8, 4) is 17.0 Å². The number of carbonyl (C=O) groups excluding carboxylic acids is 2. The molecule has 190 valence electrons. The van der Waals surface area contributed by atoms with Crippen molar-refractivity contribution in [1.29, 1.82) is 0 Å². The zero-order valence-corrected chi connectivity index (χ0v) is 20.9. The third-order valence-corrected chi connectivity index (χ3v) is 7.26. The monoisotopic (exact) mass is 493 g/mol. The lowest BCUT2D eigenvalue weighted by atomic mass is 9.82. The average molecular weight is 494 g/mol. The van der Waals surface area contributed by atoms with E-state index in [9.17, 15) is 14.0 Å². The van der Waals surface area contributed by atoms with Crippen LogP contribution in [0.3, 0.4) is 0 Å². The van der Waals surface area contributed by atoms with Crippen molar-refractivity contribution in [1.82, 2.24) is 25.6 Å². The first-order valence-corrected chi connectivity index (χ1v) is 12.6. The number of carbonyl (C=O) groups is 2. The van der Waals surface area contributed by atoms with Gasteiger partial charge in [0, 0.05) is 30.3 Å². The van der Waals surface area contributed by atoms with E-state index in [4.69, 9.17) is 4.74 Å². The molecule has 2 aromatic heterocycles. The van der Waals surface area contributed by atoms with Gasteiger partial charge in [-0.2, -0.15) is 0 Å². The Morgan fingerprint density at radius 2 is 1.97 bits per heavy atom. The maximum absolute atomic E-state index is 14.2. The molecule has 5 rings (SSSR count). The first-order chi connectivity index (χ1) is 17.3. The molecule has 3 aromatic rings. The highest BCUT2D eigenvalue weighted by molar-refractivity contribution is 6.09. The van der Waals surface area contributed by atoms with Gasteiger partial charge in [0.05, 0.1) is 17.7 Å². The number of nitrogens with zero attached hydrogens (tertiary/aromatic N) is 2. The Hall–Kier alpha value is -3.49. The van der Waals surface area contributed by atoms with Gasteiger partial charge in [0.1, 0.15) is 29.1 Å². The number of hydrogen-bond acceptors (Lipinski definition) is 5. The van der Waals surface area contributed by atoms with Crippen LogP contribution < -0.4 is 15.4 Å². The molecule has 3 N–H and O–H groups in total. The van der Waals surface area contributed by atoms with Gasteiger partial charge in [-0.05, 0) is 69.1 Å². The largest absolute Gasteiger partial charge is 0.493 e. The number of H-pyrrole nitrogens is 1. The first-order valence-electron chi connectivity index (χ1n) is 12.6. The summed E-state index contributed by atoms with van der Waals surface area (Å²) in [4.78, 5) is 36.9. The second-order valence-electron chi connectivity index (χ2n) is 10.2. The Morgan fingerprint density at radius 1 is 1.17 bits per heavy atom. The summed E-state index contributed by atoms with van der Waals surface area (Å²) < 4.78 is 20.3. The van der Waals surface area contributed by atoms with Crippen LogP contribution in [-0.4, -0.2) is 45.5 Å². The lowest BCUT2D eigenvalue weighted by Gasteiger charge is -2.34. The van der Waals surface area contributed by atoms with Gasteiger partial charge in [-0.3, -0.25) is 9.59 Å². The Bertz CT molecular complexity index is 1300. The van der Waals surface area contributed by atoms with Crippen molar-refractivity contribution in [2.24, 2.45) is 11.8 Å². The molecular formula is C27H32FN5O3. The summed E-state index contributed by atoms with van der Waals surface area (Å²) in [6, 6.07) is 4.56. The fraction of sp³-hybridized carbons (Fsp3) is 0.481. The molecule has 2 aliphatic rings. The highest BCUT2D eigenvalue weighted by Crippen LogP contribution is 2.37. The van der Waals surface area contributed by atoms with Gasteiger partial charge in [0.2, 0.25) is 5.91 Å². The number of nitrogens with one attached hydrogen (secondary N) is 3. The minimum Gasteiger partial charge on any atom is -0.493 e. The minimum atomic E-state index is -0.388. The third kappa shape index (κ3) is 5.05. The van der Waals surface area contributed by atoms with Crippen LogP contribution in [0.2, 0.25) is 0 Å². The van der Waals surface area contributed by atoms with Crippen molar-refractivity contribution in [2.75, 3.05) is 6.61 Å². The van der Waals surface area contributed by atoms with E-state index in [1.165, 1.54) is 25.4 Å². The predicted molar refractivity (Wildman–Crippen MR) is 134 cm³/mol. The predicted octanol–water partition coefficient (Wildman–Crippen LogP) is 4.28. The summed E-state index contributed by atoms with van der Waals surface area (Å²) in [6.07, 6.45) is 6.08. The second-order valence-corrected chi connectivity index (χ2v) is 10.2. The molecule has 0 bridgehead atoms. The molecule has 2 amide bonds. The number of halogens is 1. The Labute approximate surface area is 209 Å². The van der Waals surface area contributed by atoms with Crippen molar-refractivity contribution in [3.05, 3.63) is 41.6 Å². The second kappa shape index (κ2) is 9.87. The first kappa shape index (κ1) is 24.2. The molecule has 3 atom stereocenters. The van der Waals surface area contributed by atoms with E-state index in [0.29, 0.717) is 51.8 Å². The normalized spacial score (nSPS) is 21.8. The lowest BCUT2D eigenvalue weighted by Crippen LogP contribution is -2.47. The molecule has 36 heavy (non-hydrogen) atoms. The number of rotatable bonds is 7. The SMILES string of the molecule is CC(=O)N[C@@H]1CC[C@H](NC(=O)c2c(C)[nH]c3c(-c4cc(F)ccc4OCC4CC4)ncnc23)C[C@H]1C. The molecule has 0 radical (unpaired) electrons. The van der Waals surface area contributed by atoms with Gasteiger partial charge >= 0.3 is 0 Å². The van der Waals surface area contributed by atoms with Crippen LogP contribution in [-0.2, 0) is 4.79 Å². The van der Waals surface area contributed by atoms with Crippen LogP contribution in [0.1, 0.15) is 62.0 Å². The number of aromatic nitrogens is 3. The zero-order chi connectivity index (χ0) is 25.4. The van der Waals surface area contributed by atoms with E-state index in [2.05, 4.69) is 32.5 Å². The minimum absolute atomic E-state index is 0.00816. The van der Waals surface area contributed by atoms with Gasteiger partial charge in [-0.15, -0.1) is 0 Å². The molecule has 2 fully saturated rings. The molecule has 9 heteroatoms. The fourth-order valence-electron chi connectivity index (χ4n) is 5.17. The summed E-state index contributed by atoms with van der Waals surface area (Å²) >= 11 is 0. The summed E-state index contributed by atoms with van der Waals surface area (Å²) in [5, 5.41) is 6.17. The number of ether oxygens (including phenoxy) is 1. The van der Waals surface area contributed by atoms with E-state index in [0.717, 1.165) is 32.1 Å². The highest BCUT2D eigenvalue weighted by atomic mass is 19.1. The Balaban J connectivity index is 1.40. The standard InChI is InChI=1S/C27H32FN5O3/c1-14-10-19(7-8-21(14)32-16(3)34)33-27(35)23-15(2)31-26-24(29-13-30-25(23)26)20-11-18(28)6-9-22(20)36-12-17-4-5-17/h6,9,11,13-14,17,19,21,31H,4-5,7-8,10,12H2,1-3H3,(H,32,34)(H,33,35)/t14-,19+,21-/m1/s1.